The number of carbonyl (C=O) groups excluding carboxylic acids is 1. The van der Waals surface area contributed by atoms with Gasteiger partial charge in [0.2, 0.25) is 0 Å². The fraction of sp³-hybridized carbons (Fsp3) is 0.375. The largest absolute Gasteiger partial charge is 0.480 e. The molecule has 1 fully saturated rings. The van der Waals surface area contributed by atoms with E-state index < -0.39 is 23.7 Å². The van der Waals surface area contributed by atoms with E-state index in [2.05, 4.69) is 10.3 Å². The van der Waals surface area contributed by atoms with Gasteiger partial charge in [0.25, 0.3) is 5.91 Å². The number of carboxylic acid groups (broad SMARTS) is 1. The summed E-state index contributed by atoms with van der Waals surface area (Å²) in [5.41, 5.74) is 0.514. The first-order valence-electron chi connectivity index (χ1n) is 7.55. The second-order valence-electron chi connectivity index (χ2n) is 5.77. The number of hydrogen-bond acceptors (Lipinski definition) is 3. The Hall–Kier alpha value is -2.12. The highest BCUT2D eigenvalue weighted by Crippen LogP contribution is 2.28. The smallest absolute Gasteiger partial charge is 0.326 e. The third-order valence-electron chi connectivity index (χ3n) is 4.14. The summed E-state index contributed by atoms with van der Waals surface area (Å²) in [4.78, 5) is 26.8. The van der Waals surface area contributed by atoms with Gasteiger partial charge in [-0.05, 0) is 31.0 Å². The molecule has 3 N–H and O–H groups in total. The first kappa shape index (κ1) is 16.7. The Labute approximate surface area is 141 Å². The van der Waals surface area contributed by atoms with Crippen molar-refractivity contribution >= 4 is 34.4 Å². The van der Waals surface area contributed by atoms with Gasteiger partial charge in [-0.3, -0.25) is 4.79 Å². The highest BCUT2D eigenvalue weighted by atomic mass is 35.5. The highest BCUT2D eigenvalue weighted by molar-refractivity contribution is 6.38. The Morgan fingerprint density at radius 1 is 1.46 bits per heavy atom. The molecule has 0 aliphatic carbocycles. The van der Waals surface area contributed by atoms with Crippen LogP contribution < -0.4 is 5.32 Å². The van der Waals surface area contributed by atoms with Crippen LogP contribution in [0.5, 0.6) is 0 Å². The average Bonchev–Trinajstić information content (AvgIpc) is 2.89. The molecule has 6 nitrogen and oxygen atoms in total. The maximum absolute atomic E-state index is 13.3. The summed E-state index contributed by atoms with van der Waals surface area (Å²) in [6, 6.07) is 2.86. The maximum atomic E-state index is 13.3. The monoisotopic (exact) mass is 354 g/mol. The third kappa shape index (κ3) is 3.22. The number of nitrogens with one attached hydrogen (secondary N) is 2. The minimum absolute atomic E-state index is 0.0141. The van der Waals surface area contributed by atoms with Crippen molar-refractivity contribution in [2.75, 3.05) is 13.2 Å². The van der Waals surface area contributed by atoms with E-state index in [0.717, 1.165) is 6.42 Å². The summed E-state index contributed by atoms with van der Waals surface area (Å²) in [6.45, 7) is 0.874. The van der Waals surface area contributed by atoms with Crippen molar-refractivity contribution in [1.29, 1.82) is 0 Å². The van der Waals surface area contributed by atoms with Gasteiger partial charge >= 0.3 is 5.97 Å². The zero-order valence-corrected chi connectivity index (χ0v) is 13.4. The molecule has 1 aromatic carbocycles. The molecule has 0 bridgehead atoms. The van der Waals surface area contributed by atoms with Crippen molar-refractivity contribution in [3.8, 4) is 0 Å². The molecule has 1 aromatic heterocycles. The molecule has 2 aromatic rings. The van der Waals surface area contributed by atoms with Crippen LogP contribution in [-0.2, 0) is 9.53 Å². The molecule has 8 heteroatoms. The quantitative estimate of drug-likeness (QED) is 0.787. The van der Waals surface area contributed by atoms with Crippen LogP contribution in [0.1, 0.15) is 23.3 Å². The number of aliphatic carboxylic acids is 1. The lowest BCUT2D eigenvalue weighted by atomic mass is 9.93. The van der Waals surface area contributed by atoms with E-state index in [0.29, 0.717) is 23.9 Å². The van der Waals surface area contributed by atoms with E-state index in [4.69, 9.17) is 16.3 Å². The van der Waals surface area contributed by atoms with Crippen molar-refractivity contribution in [3.05, 3.63) is 34.7 Å². The number of carboxylic acids is 1. The van der Waals surface area contributed by atoms with Crippen LogP contribution in [-0.4, -0.2) is 41.2 Å². The molecule has 3 rings (SSSR count). The molecule has 128 valence electrons. The van der Waals surface area contributed by atoms with E-state index >= 15 is 0 Å². The number of aromatic amines is 1. The summed E-state index contributed by atoms with van der Waals surface area (Å²) in [6.07, 6.45) is 1.40. The van der Waals surface area contributed by atoms with Crippen molar-refractivity contribution < 1.29 is 23.8 Å². The Bertz CT molecular complexity index is 786. The molecule has 0 radical (unpaired) electrons. The third-order valence-corrected chi connectivity index (χ3v) is 4.54. The first-order valence-corrected chi connectivity index (χ1v) is 7.93. The number of aromatic nitrogens is 1. The molecular formula is C16H16ClFN2O4. The Kier molecular flexibility index (Phi) is 4.73. The van der Waals surface area contributed by atoms with Crippen molar-refractivity contribution in [3.63, 3.8) is 0 Å². The molecule has 1 aliphatic heterocycles. The number of hydrogen-bond donors (Lipinski definition) is 3. The van der Waals surface area contributed by atoms with E-state index in [1.807, 2.05) is 0 Å². The second kappa shape index (κ2) is 6.78. The number of benzene rings is 1. The number of H-pyrrole nitrogens is 1. The Morgan fingerprint density at radius 2 is 2.25 bits per heavy atom. The van der Waals surface area contributed by atoms with Crippen LogP contribution in [0.2, 0.25) is 5.02 Å². The number of halogens is 2. The molecule has 2 atom stereocenters. The topological polar surface area (TPSA) is 91.4 Å². The number of carbonyl (C=O) groups is 2. The van der Waals surface area contributed by atoms with Gasteiger partial charge in [-0.2, -0.15) is 0 Å². The van der Waals surface area contributed by atoms with Gasteiger partial charge in [-0.25, -0.2) is 9.18 Å². The molecular weight excluding hydrogens is 339 g/mol. The lowest BCUT2D eigenvalue weighted by molar-refractivity contribution is -0.142. The van der Waals surface area contributed by atoms with Crippen LogP contribution in [0.3, 0.4) is 0 Å². The van der Waals surface area contributed by atoms with E-state index in [1.165, 1.54) is 18.2 Å². The maximum Gasteiger partial charge on any atom is 0.326 e. The molecule has 1 amide bonds. The first-order chi connectivity index (χ1) is 11.5. The van der Waals surface area contributed by atoms with Gasteiger partial charge in [0.1, 0.15) is 17.6 Å². The van der Waals surface area contributed by atoms with Gasteiger partial charge in [-0.15, -0.1) is 0 Å². The van der Waals surface area contributed by atoms with Gasteiger partial charge in [0.05, 0.1) is 11.6 Å². The van der Waals surface area contributed by atoms with Crippen LogP contribution in [0.4, 0.5) is 4.39 Å². The summed E-state index contributed by atoms with van der Waals surface area (Å²) in [5, 5.41) is 12.3. The normalized spacial score (nSPS) is 19.2. The summed E-state index contributed by atoms with van der Waals surface area (Å²) >= 11 is 6.14. The van der Waals surface area contributed by atoms with Crippen LogP contribution in [0.25, 0.3) is 10.9 Å². The Balaban J connectivity index is 1.85. The summed E-state index contributed by atoms with van der Waals surface area (Å²) < 4.78 is 18.6. The average molecular weight is 355 g/mol. The molecule has 1 saturated heterocycles. The molecule has 24 heavy (non-hydrogen) atoms. The van der Waals surface area contributed by atoms with Crippen LogP contribution in [0.15, 0.2) is 18.2 Å². The van der Waals surface area contributed by atoms with Crippen molar-refractivity contribution in [1.82, 2.24) is 10.3 Å². The fourth-order valence-electron chi connectivity index (χ4n) is 2.91. The van der Waals surface area contributed by atoms with E-state index in [1.54, 1.807) is 0 Å². The number of ether oxygens (including phenoxy) is 1. The number of fused-ring (bicyclic) bond motifs is 1. The Morgan fingerprint density at radius 3 is 2.92 bits per heavy atom. The molecule has 2 heterocycles. The molecule has 0 saturated carbocycles. The van der Waals surface area contributed by atoms with Crippen molar-refractivity contribution in [2.45, 2.75) is 18.9 Å². The number of amides is 1. The van der Waals surface area contributed by atoms with Crippen LogP contribution >= 0.6 is 11.6 Å². The molecule has 2 unspecified atom stereocenters. The minimum Gasteiger partial charge on any atom is -0.480 e. The summed E-state index contributed by atoms with van der Waals surface area (Å²) in [5.74, 6) is -2.55. The van der Waals surface area contributed by atoms with Gasteiger partial charge < -0.3 is 20.1 Å². The minimum atomic E-state index is -1.13. The zero-order chi connectivity index (χ0) is 17.3. The van der Waals surface area contributed by atoms with E-state index in [-0.39, 0.29) is 23.2 Å². The predicted octanol–water partition coefficient (Wildman–Crippen LogP) is 2.57. The number of rotatable bonds is 4. The molecule has 0 spiro atoms. The standard InChI is InChI=1S/C16H16ClFN2O4/c17-12-10-6-9(18)3-4-11(10)19-14(12)15(21)20-13(16(22)23)8-2-1-5-24-7-8/h3-4,6,8,13,19H,1-2,5,7H2,(H,20,21)(H,22,23). The van der Waals surface area contributed by atoms with Crippen molar-refractivity contribution in [2.24, 2.45) is 5.92 Å². The zero-order valence-electron chi connectivity index (χ0n) is 12.6. The van der Waals surface area contributed by atoms with Gasteiger partial charge in [-0.1, -0.05) is 11.6 Å². The lowest BCUT2D eigenvalue weighted by Gasteiger charge is -2.27. The predicted molar refractivity (Wildman–Crippen MR) is 85.7 cm³/mol. The van der Waals surface area contributed by atoms with Gasteiger partial charge in [0.15, 0.2) is 0 Å². The SMILES string of the molecule is O=C(NC(C(=O)O)C1CCCOC1)c1[nH]c2ccc(F)cc2c1Cl. The fourth-order valence-corrected chi connectivity index (χ4v) is 3.20. The summed E-state index contributed by atoms with van der Waals surface area (Å²) in [7, 11) is 0. The second-order valence-corrected chi connectivity index (χ2v) is 6.15. The highest BCUT2D eigenvalue weighted by Gasteiger charge is 2.32. The van der Waals surface area contributed by atoms with E-state index in [9.17, 15) is 19.1 Å². The van der Waals surface area contributed by atoms with Crippen LogP contribution in [0, 0.1) is 11.7 Å². The van der Waals surface area contributed by atoms with Gasteiger partial charge in [0, 0.05) is 23.4 Å². The lowest BCUT2D eigenvalue weighted by Crippen LogP contribution is -2.48. The molecule has 1 aliphatic rings.